The van der Waals surface area contributed by atoms with Crippen LogP contribution in [0.3, 0.4) is 0 Å². The average Bonchev–Trinajstić information content (AvgIpc) is 2.53. The topological polar surface area (TPSA) is 35.5 Å². The molecule has 0 aliphatic heterocycles. The van der Waals surface area contributed by atoms with E-state index in [1.165, 1.54) is 0 Å². The van der Waals surface area contributed by atoms with Crippen LogP contribution in [-0.2, 0) is 13.0 Å². The molecule has 0 fully saturated rings. The highest BCUT2D eigenvalue weighted by molar-refractivity contribution is 6.30. The minimum atomic E-state index is 0.363. The Morgan fingerprint density at radius 1 is 1.27 bits per heavy atom. The Morgan fingerprint density at radius 2 is 2.09 bits per heavy atom. The molecule has 0 saturated carbocycles. The average molecular weight is 317 g/mol. The lowest BCUT2D eigenvalue weighted by atomic mass is 10.1. The minimum Gasteiger partial charge on any atom is -0.493 e. The number of allylic oxidation sites excluding steroid dienone is 1. The Kier molecular flexibility index (Phi) is 5.61. The molecule has 0 radical (unpaired) electrons. The maximum Gasteiger partial charge on any atom is 0.165 e. The summed E-state index contributed by atoms with van der Waals surface area (Å²) in [5, 5.41) is 0.663. The molecule has 0 atom stereocenters. The Balaban J connectivity index is 2.31. The summed E-state index contributed by atoms with van der Waals surface area (Å²) < 4.78 is 11.2. The second-order valence-electron chi connectivity index (χ2n) is 4.74. The summed E-state index contributed by atoms with van der Waals surface area (Å²) in [6, 6.07) is 10.9. The predicted octanol–water partition coefficient (Wildman–Crippen LogP) is 4.47. The molecule has 0 amide bonds. The fourth-order valence-electron chi connectivity index (χ4n) is 2.16. The van der Waals surface area contributed by atoms with E-state index in [0.29, 0.717) is 35.1 Å². The Hall–Kier alpha value is -2.26. The highest BCUT2D eigenvalue weighted by Crippen LogP contribution is 2.34. The van der Waals surface area contributed by atoms with Crippen LogP contribution in [0.1, 0.15) is 21.5 Å². The van der Waals surface area contributed by atoms with Gasteiger partial charge in [0.25, 0.3) is 0 Å². The van der Waals surface area contributed by atoms with Crippen LogP contribution in [0.15, 0.2) is 49.1 Å². The summed E-state index contributed by atoms with van der Waals surface area (Å²) in [4.78, 5) is 11.0. The van der Waals surface area contributed by atoms with Crippen LogP contribution in [0.25, 0.3) is 0 Å². The summed E-state index contributed by atoms with van der Waals surface area (Å²) in [5.41, 5.74) is 2.36. The molecular formula is C18H17ClO3. The van der Waals surface area contributed by atoms with Crippen LogP contribution in [0.2, 0.25) is 5.02 Å². The molecule has 0 aliphatic rings. The number of ether oxygens (including phenoxy) is 2. The first-order valence-electron chi connectivity index (χ1n) is 6.82. The third kappa shape index (κ3) is 3.89. The number of carbonyl (C=O) groups excluding carboxylic acids is 1. The number of hydrogen-bond donors (Lipinski definition) is 0. The van der Waals surface area contributed by atoms with E-state index in [1.54, 1.807) is 25.3 Å². The lowest BCUT2D eigenvalue weighted by molar-refractivity contribution is 0.112. The van der Waals surface area contributed by atoms with Crippen LogP contribution in [0, 0.1) is 0 Å². The smallest absolute Gasteiger partial charge is 0.165 e. The molecule has 0 bridgehead atoms. The fraction of sp³-hybridized carbons (Fsp3) is 0.167. The number of benzene rings is 2. The van der Waals surface area contributed by atoms with Crippen LogP contribution in [-0.4, -0.2) is 13.4 Å². The third-order valence-corrected chi connectivity index (χ3v) is 3.38. The van der Waals surface area contributed by atoms with Crippen molar-refractivity contribution in [1.29, 1.82) is 0 Å². The Morgan fingerprint density at radius 3 is 2.73 bits per heavy atom. The van der Waals surface area contributed by atoms with Crippen molar-refractivity contribution >= 4 is 17.9 Å². The zero-order chi connectivity index (χ0) is 15.9. The summed E-state index contributed by atoms with van der Waals surface area (Å²) in [6.07, 6.45) is 3.13. The molecule has 0 aromatic heterocycles. The third-order valence-electron chi connectivity index (χ3n) is 3.15. The van der Waals surface area contributed by atoms with Gasteiger partial charge in [-0.05, 0) is 36.2 Å². The molecular weight excluding hydrogens is 300 g/mol. The first-order chi connectivity index (χ1) is 10.7. The van der Waals surface area contributed by atoms with Crippen molar-refractivity contribution in [3.63, 3.8) is 0 Å². The van der Waals surface area contributed by atoms with Crippen molar-refractivity contribution in [3.8, 4) is 11.5 Å². The molecule has 4 heteroatoms. The van der Waals surface area contributed by atoms with E-state index in [2.05, 4.69) is 6.58 Å². The number of carbonyl (C=O) groups is 1. The number of methoxy groups -OCH3 is 1. The molecule has 0 heterocycles. The number of halogens is 1. The number of rotatable bonds is 7. The zero-order valence-corrected chi connectivity index (χ0v) is 13.1. The standard InChI is InChI=1S/C18H17ClO3/c1-3-5-15-8-14(11-20)10-17(21-2)18(15)22-12-13-6-4-7-16(19)9-13/h3-4,6-11H,1,5,12H2,2H3. The SMILES string of the molecule is C=CCc1cc(C=O)cc(OC)c1OCc1cccc(Cl)c1. The van der Waals surface area contributed by atoms with Gasteiger partial charge < -0.3 is 9.47 Å². The van der Waals surface area contributed by atoms with E-state index in [0.717, 1.165) is 17.4 Å². The van der Waals surface area contributed by atoms with Gasteiger partial charge in [-0.15, -0.1) is 6.58 Å². The van der Waals surface area contributed by atoms with Crippen LogP contribution < -0.4 is 9.47 Å². The molecule has 3 nitrogen and oxygen atoms in total. The largest absolute Gasteiger partial charge is 0.493 e. The van der Waals surface area contributed by atoms with E-state index in [-0.39, 0.29) is 0 Å². The number of aldehydes is 1. The van der Waals surface area contributed by atoms with Crippen LogP contribution >= 0.6 is 11.6 Å². The monoisotopic (exact) mass is 316 g/mol. The molecule has 0 aliphatic carbocycles. The van der Waals surface area contributed by atoms with Gasteiger partial charge in [-0.2, -0.15) is 0 Å². The summed E-state index contributed by atoms with van der Waals surface area (Å²) in [6.45, 7) is 4.10. The molecule has 0 unspecified atom stereocenters. The van der Waals surface area contributed by atoms with Crippen molar-refractivity contribution in [3.05, 3.63) is 70.8 Å². The van der Waals surface area contributed by atoms with Gasteiger partial charge in [0.2, 0.25) is 0 Å². The van der Waals surface area contributed by atoms with E-state index in [4.69, 9.17) is 21.1 Å². The van der Waals surface area contributed by atoms with E-state index in [9.17, 15) is 4.79 Å². The van der Waals surface area contributed by atoms with Gasteiger partial charge in [0.05, 0.1) is 7.11 Å². The van der Waals surface area contributed by atoms with Gasteiger partial charge in [0.15, 0.2) is 11.5 Å². The summed E-state index contributed by atoms with van der Waals surface area (Å²) in [5.74, 6) is 1.15. The van der Waals surface area contributed by atoms with E-state index in [1.807, 2.05) is 24.3 Å². The maximum atomic E-state index is 11.0. The molecule has 22 heavy (non-hydrogen) atoms. The zero-order valence-electron chi connectivity index (χ0n) is 12.3. The van der Waals surface area contributed by atoms with Crippen LogP contribution in [0.5, 0.6) is 11.5 Å². The van der Waals surface area contributed by atoms with Gasteiger partial charge >= 0.3 is 0 Å². The van der Waals surface area contributed by atoms with Crippen molar-refractivity contribution in [2.24, 2.45) is 0 Å². The molecule has 0 spiro atoms. The first kappa shape index (κ1) is 16.1. The second kappa shape index (κ2) is 7.66. The Bertz CT molecular complexity index is 680. The van der Waals surface area contributed by atoms with Gasteiger partial charge in [-0.1, -0.05) is 29.8 Å². The lowest BCUT2D eigenvalue weighted by Gasteiger charge is -2.15. The van der Waals surface area contributed by atoms with Crippen molar-refractivity contribution in [2.45, 2.75) is 13.0 Å². The molecule has 2 rings (SSSR count). The second-order valence-corrected chi connectivity index (χ2v) is 5.18. The van der Waals surface area contributed by atoms with Crippen molar-refractivity contribution in [1.82, 2.24) is 0 Å². The quantitative estimate of drug-likeness (QED) is 0.558. The lowest BCUT2D eigenvalue weighted by Crippen LogP contribution is -2.02. The predicted molar refractivity (Wildman–Crippen MR) is 88.1 cm³/mol. The van der Waals surface area contributed by atoms with Crippen molar-refractivity contribution < 1.29 is 14.3 Å². The normalized spacial score (nSPS) is 10.1. The van der Waals surface area contributed by atoms with Gasteiger partial charge in [-0.25, -0.2) is 0 Å². The summed E-state index contributed by atoms with van der Waals surface area (Å²) in [7, 11) is 1.55. The highest BCUT2D eigenvalue weighted by Gasteiger charge is 2.13. The van der Waals surface area contributed by atoms with Gasteiger partial charge in [-0.3, -0.25) is 4.79 Å². The minimum absolute atomic E-state index is 0.363. The van der Waals surface area contributed by atoms with Crippen LogP contribution in [0.4, 0.5) is 0 Å². The Labute approximate surface area is 135 Å². The van der Waals surface area contributed by atoms with E-state index >= 15 is 0 Å². The molecule has 2 aromatic carbocycles. The van der Waals surface area contributed by atoms with Crippen molar-refractivity contribution in [2.75, 3.05) is 7.11 Å². The maximum absolute atomic E-state index is 11.0. The first-order valence-corrected chi connectivity index (χ1v) is 7.20. The molecule has 0 N–H and O–H groups in total. The molecule has 114 valence electrons. The molecule has 0 saturated heterocycles. The fourth-order valence-corrected chi connectivity index (χ4v) is 2.37. The molecule has 2 aromatic rings. The van der Waals surface area contributed by atoms with E-state index < -0.39 is 0 Å². The highest BCUT2D eigenvalue weighted by atomic mass is 35.5. The summed E-state index contributed by atoms with van der Waals surface area (Å²) >= 11 is 5.97. The van der Waals surface area contributed by atoms with Gasteiger partial charge in [0.1, 0.15) is 12.9 Å². The van der Waals surface area contributed by atoms with Gasteiger partial charge in [0, 0.05) is 16.1 Å². The number of hydrogen-bond acceptors (Lipinski definition) is 3.